The Morgan fingerprint density at radius 1 is 1.36 bits per heavy atom. The summed E-state index contributed by atoms with van der Waals surface area (Å²) in [5.74, 6) is -4.01. The first-order chi connectivity index (χ1) is 6.61. The predicted octanol–water partition coefficient (Wildman–Crippen LogP) is 1.59. The molecule has 78 valence electrons. The van der Waals surface area contributed by atoms with Crippen LogP contribution in [-0.2, 0) is 6.54 Å². The average Bonchev–Trinajstić information content (AvgIpc) is 2.18. The molecule has 2 N–H and O–H groups in total. The van der Waals surface area contributed by atoms with Crippen molar-refractivity contribution in [3.05, 3.63) is 29.1 Å². The van der Waals surface area contributed by atoms with Crippen LogP contribution < -0.4 is 10.2 Å². The molecule has 0 unspecified atom stereocenters. The van der Waals surface area contributed by atoms with Crippen molar-refractivity contribution in [2.24, 2.45) is 0 Å². The summed E-state index contributed by atoms with van der Waals surface area (Å²) in [6.45, 7) is -0.536. The summed E-state index contributed by atoms with van der Waals surface area (Å²) in [5, 5.41) is 8.28. The summed E-state index contributed by atoms with van der Waals surface area (Å²) in [6, 6.07) is 0.603. The molecular formula is C8H8F3NO2. The second-order valence-electron chi connectivity index (χ2n) is 2.50. The summed E-state index contributed by atoms with van der Waals surface area (Å²) >= 11 is 0. The Labute approximate surface area is 78.1 Å². The number of methoxy groups -OCH3 is 1. The predicted molar refractivity (Wildman–Crippen MR) is 41.5 cm³/mol. The van der Waals surface area contributed by atoms with Gasteiger partial charge >= 0.3 is 0 Å². The van der Waals surface area contributed by atoms with E-state index in [1.54, 1.807) is 5.48 Å². The third-order valence-electron chi connectivity index (χ3n) is 1.69. The van der Waals surface area contributed by atoms with Gasteiger partial charge in [-0.15, -0.1) is 0 Å². The zero-order valence-corrected chi connectivity index (χ0v) is 7.27. The van der Waals surface area contributed by atoms with Gasteiger partial charge in [-0.1, -0.05) is 0 Å². The van der Waals surface area contributed by atoms with Crippen LogP contribution in [0.1, 0.15) is 5.56 Å². The van der Waals surface area contributed by atoms with E-state index in [9.17, 15) is 13.2 Å². The summed E-state index contributed by atoms with van der Waals surface area (Å²) in [5.41, 5.74) is 0.935. The molecule has 0 saturated carbocycles. The van der Waals surface area contributed by atoms with Gasteiger partial charge in [-0.25, -0.2) is 18.7 Å². The maximum Gasteiger partial charge on any atom is 0.172 e. The smallest absolute Gasteiger partial charge is 0.172 e. The highest BCUT2D eigenvalue weighted by Gasteiger charge is 2.18. The van der Waals surface area contributed by atoms with E-state index in [4.69, 9.17) is 5.21 Å². The Morgan fingerprint density at radius 3 is 2.50 bits per heavy atom. The fraction of sp³-hybridized carbons (Fsp3) is 0.250. The molecule has 0 aliphatic heterocycles. The quantitative estimate of drug-likeness (QED) is 0.584. The largest absolute Gasteiger partial charge is 0.494 e. The van der Waals surface area contributed by atoms with Gasteiger partial charge < -0.3 is 9.94 Å². The van der Waals surface area contributed by atoms with Crippen LogP contribution in [0.15, 0.2) is 6.07 Å². The van der Waals surface area contributed by atoms with Gasteiger partial charge in [-0.05, 0) is 0 Å². The summed E-state index contributed by atoms with van der Waals surface area (Å²) in [7, 11) is 1.13. The van der Waals surface area contributed by atoms with Gasteiger partial charge in [0.1, 0.15) is 0 Å². The van der Waals surface area contributed by atoms with Gasteiger partial charge in [0.15, 0.2) is 23.2 Å². The van der Waals surface area contributed by atoms with E-state index in [-0.39, 0.29) is 0 Å². The number of halogens is 3. The Hall–Kier alpha value is -1.27. The van der Waals surface area contributed by atoms with Crippen LogP contribution in [0.4, 0.5) is 13.2 Å². The lowest BCUT2D eigenvalue weighted by Crippen LogP contribution is -2.12. The molecular weight excluding hydrogens is 199 g/mol. The highest BCUT2D eigenvalue weighted by molar-refractivity contribution is 5.33. The Kier molecular flexibility index (Phi) is 3.32. The molecule has 0 bridgehead atoms. The Balaban J connectivity index is 3.29. The third kappa shape index (κ3) is 1.80. The molecule has 0 saturated heterocycles. The first-order valence-electron chi connectivity index (χ1n) is 3.69. The molecule has 0 atom stereocenters. The van der Waals surface area contributed by atoms with Crippen molar-refractivity contribution >= 4 is 0 Å². The Bertz CT molecular complexity index is 344. The minimum absolute atomic E-state index is 0.408. The van der Waals surface area contributed by atoms with Gasteiger partial charge in [0.2, 0.25) is 0 Å². The van der Waals surface area contributed by atoms with Crippen molar-refractivity contribution < 1.29 is 23.1 Å². The molecule has 14 heavy (non-hydrogen) atoms. The van der Waals surface area contributed by atoms with Crippen molar-refractivity contribution in [1.82, 2.24) is 5.48 Å². The lowest BCUT2D eigenvalue weighted by atomic mass is 10.1. The third-order valence-corrected chi connectivity index (χ3v) is 1.69. The number of hydroxylamine groups is 1. The van der Waals surface area contributed by atoms with Crippen molar-refractivity contribution in [1.29, 1.82) is 0 Å². The van der Waals surface area contributed by atoms with Gasteiger partial charge in [-0.3, -0.25) is 0 Å². The highest BCUT2D eigenvalue weighted by atomic mass is 19.2. The van der Waals surface area contributed by atoms with E-state index < -0.39 is 35.3 Å². The molecule has 0 aliphatic carbocycles. The summed E-state index contributed by atoms with van der Waals surface area (Å²) in [6.07, 6.45) is 0. The number of benzene rings is 1. The normalized spacial score (nSPS) is 10.4. The monoisotopic (exact) mass is 207 g/mol. The van der Waals surface area contributed by atoms with E-state index >= 15 is 0 Å². The van der Waals surface area contributed by atoms with Crippen molar-refractivity contribution in [3.8, 4) is 5.75 Å². The zero-order chi connectivity index (χ0) is 10.7. The Morgan fingerprint density at radius 2 is 2.00 bits per heavy atom. The van der Waals surface area contributed by atoms with Crippen LogP contribution in [0.3, 0.4) is 0 Å². The van der Waals surface area contributed by atoms with Gasteiger partial charge in [0.25, 0.3) is 0 Å². The molecule has 6 heteroatoms. The summed E-state index contributed by atoms with van der Waals surface area (Å²) in [4.78, 5) is 0. The molecule has 0 spiro atoms. The SMILES string of the molecule is COc1cc(F)c(F)c(CNO)c1F. The minimum atomic E-state index is -1.34. The highest BCUT2D eigenvalue weighted by Crippen LogP contribution is 2.25. The fourth-order valence-electron chi connectivity index (χ4n) is 1.01. The molecule has 0 fully saturated rings. The van der Waals surface area contributed by atoms with Crippen LogP contribution in [-0.4, -0.2) is 12.3 Å². The van der Waals surface area contributed by atoms with Crippen LogP contribution in [0, 0.1) is 17.5 Å². The molecule has 0 aliphatic rings. The molecule has 0 heterocycles. The van der Waals surface area contributed by atoms with Crippen LogP contribution in [0.25, 0.3) is 0 Å². The number of ether oxygens (including phenoxy) is 1. The molecule has 1 aromatic rings. The molecule has 1 rings (SSSR count). The molecule has 1 aromatic carbocycles. The lowest BCUT2D eigenvalue weighted by molar-refractivity contribution is 0.157. The maximum absolute atomic E-state index is 13.2. The fourth-order valence-corrected chi connectivity index (χ4v) is 1.01. The topological polar surface area (TPSA) is 41.5 Å². The average molecular weight is 207 g/mol. The minimum Gasteiger partial charge on any atom is -0.494 e. The first-order valence-corrected chi connectivity index (χ1v) is 3.69. The maximum atomic E-state index is 13.2. The standard InChI is InChI=1S/C8H8F3NO2/c1-14-6-2-5(9)7(10)4(3-12-13)8(6)11/h2,12-13H,3H2,1H3. The zero-order valence-electron chi connectivity index (χ0n) is 7.27. The lowest BCUT2D eigenvalue weighted by Gasteiger charge is -2.08. The number of hydrogen-bond donors (Lipinski definition) is 2. The van der Waals surface area contributed by atoms with Crippen LogP contribution in [0.5, 0.6) is 5.75 Å². The number of rotatable bonds is 3. The van der Waals surface area contributed by atoms with E-state index in [0.717, 1.165) is 7.11 Å². The molecule has 3 nitrogen and oxygen atoms in total. The molecule has 0 aromatic heterocycles. The molecule has 0 amide bonds. The summed E-state index contributed by atoms with van der Waals surface area (Å²) < 4.78 is 43.4. The van der Waals surface area contributed by atoms with E-state index in [2.05, 4.69) is 4.74 Å². The molecule has 0 radical (unpaired) electrons. The van der Waals surface area contributed by atoms with E-state index in [1.165, 1.54) is 0 Å². The first kappa shape index (κ1) is 10.8. The van der Waals surface area contributed by atoms with Gasteiger partial charge in [0.05, 0.1) is 13.7 Å². The second-order valence-corrected chi connectivity index (χ2v) is 2.50. The van der Waals surface area contributed by atoms with Gasteiger partial charge in [-0.2, -0.15) is 0 Å². The van der Waals surface area contributed by atoms with E-state index in [0.29, 0.717) is 6.07 Å². The van der Waals surface area contributed by atoms with Crippen molar-refractivity contribution in [2.75, 3.05) is 7.11 Å². The number of hydrogen-bond acceptors (Lipinski definition) is 3. The van der Waals surface area contributed by atoms with Crippen LogP contribution >= 0.6 is 0 Å². The van der Waals surface area contributed by atoms with Crippen molar-refractivity contribution in [2.45, 2.75) is 6.54 Å². The van der Waals surface area contributed by atoms with E-state index in [1.807, 2.05) is 0 Å². The number of nitrogens with one attached hydrogen (secondary N) is 1. The van der Waals surface area contributed by atoms with Crippen molar-refractivity contribution in [3.63, 3.8) is 0 Å². The second kappa shape index (κ2) is 4.30. The van der Waals surface area contributed by atoms with Gasteiger partial charge in [0, 0.05) is 11.6 Å². The van der Waals surface area contributed by atoms with Crippen LogP contribution in [0.2, 0.25) is 0 Å².